The number of fused-ring (bicyclic) bond motifs is 2. The molecule has 2 atom stereocenters. The van der Waals surface area contributed by atoms with Crippen molar-refractivity contribution in [2.75, 3.05) is 0 Å². The molecule has 92 valence electrons. The first-order valence-corrected chi connectivity index (χ1v) is 6.69. The van der Waals surface area contributed by atoms with Gasteiger partial charge in [0.05, 0.1) is 0 Å². The summed E-state index contributed by atoms with van der Waals surface area (Å²) in [6.07, 6.45) is 7.11. The van der Waals surface area contributed by atoms with Crippen LogP contribution >= 0.6 is 0 Å². The summed E-state index contributed by atoms with van der Waals surface area (Å²) in [4.78, 5) is 4.38. The van der Waals surface area contributed by atoms with Gasteiger partial charge in [-0.2, -0.15) is 0 Å². The Morgan fingerprint density at radius 1 is 1.28 bits per heavy atom. The van der Waals surface area contributed by atoms with Crippen LogP contribution in [0.5, 0.6) is 0 Å². The molecule has 2 nitrogen and oxygen atoms in total. The lowest BCUT2D eigenvalue weighted by molar-refractivity contribution is 0.474. The van der Waals surface area contributed by atoms with E-state index in [1.165, 1.54) is 31.3 Å². The number of aryl methyl sites for hydroxylation is 1. The molecule has 1 N–H and O–H groups in total. The molecule has 2 unspecified atom stereocenters. The number of nitrogens with zero attached hydrogens (tertiary/aromatic N) is 1. The maximum atomic E-state index is 4.38. The smallest absolute Gasteiger partial charge is 0.113 e. The molecule has 3 heterocycles. The molecule has 2 aliphatic heterocycles. The van der Waals surface area contributed by atoms with E-state index in [4.69, 9.17) is 0 Å². The summed E-state index contributed by atoms with van der Waals surface area (Å²) >= 11 is 0. The lowest BCUT2D eigenvalue weighted by Crippen LogP contribution is -2.34. The van der Waals surface area contributed by atoms with Crippen molar-refractivity contribution in [3.63, 3.8) is 0 Å². The summed E-state index contributed by atoms with van der Waals surface area (Å²) in [5.74, 6) is 6.29. The molecule has 0 amide bonds. The highest BCUT2D eigenvalue weighted by Crippen LogP contribution is 2.29. The van der Waals surface area contributed by atoms with Crippen molar-refractivity contribution in [2.24, 2.45) is 0 Å². The number of rotatable bonds is 0. The van der Waals surface area contributed by atoms with Gasteiger partial charge in [0, 0.05) is 17.8 Å². The van der Waals surface area contributed by atoms with Gasteiger partial charge in [-0.15, -0.1) is 0 Å². The van der Waals surface area contributed by atoms with Crippen LogP contribution in [0, 0.1) is 18.8 Å². The highest BCUT2D eigenvalue weighted by molar-refractivity contribution is 5.34. The largest absolute Gasteiger partial charge is 0.311 e. The summed E-state index contributed by atoms with van der Waals surface area (Å²) in [6.45, 7) is 1.99. The van der Waals surface area contributed by atoms with Crippen LogP contribution in [0.4, 0.5) is 0 Å². The zero-order valence-corrected chi connectivity index (χ0v) is 10.7. The third-order valence-corrected chi connectivity index (χ3v) is 3.72. The van der Waals surface area contributed by atoms with E-state index in [0.717, 1.165) is 11.4 Å². The molecule has 3 rings (SSSR count). The molecule has 2 fully saturated rings. The third-order valence-electron chi connectivity index (χ3n) is 3.72. The van der Waals surface area contributed by atoms with Gasteiger partial charge in [0.2, 0.25) is 0 Å². The van der Waals surface area contributed by atoms with Crippen LogP contribution in [0.2, 0.25) is 0 Å². The van der Waals surface area contributed by atoms with E-state index in [2.05, 4.69) is 28.2 Å². The van der Waals surface area contributed by atoms with E-state index < -0.39 is 0 Å². The Balaban J connectivity index is 1.71. The van der Waals surface area contributed by atoms with Crippen molar-refractivity contribution in [3.05, 3.63) is 41.2 Å². The zero-order valence-electron chi connectivity index (χ0n) is 10.7. The highest BCUT2D eigenvalue weighted by Gasteiger charge is 2.29. The van der Waals surface area contributed by atoms with Crippen LogP contribution in [0.3, 0.4) is 0 Å². The monoisotopic (exact) mass is 238 g/mol. The predicted octanol–water partition coefficient (Wildman–Crippen LogP) is 2.58. The van der Waals surface area contributed by atoms with Crippen LogP contribution in [0.15, 0.2) is 29.8 Å². The van der Waals surface area contributed by atoms with Crippen molar-refractivity contribution < 1.29 is 0 Å². The van der Waals surface area contributed by atoms with Crippen LogP contribution in [0.25, 0.3) is 0 Å². The Kier molecular flexibility index (Phi) is 3.17. The van der Waals surface area contributed by atoms with Crippen LogP contribution < -0.4 is 5.32 Å². The third kappa shape index (κ3) is 2.63. The summed E-state index contributed by atoms with van der Waals surface area (Å²) in [7, 11) is 0. The fourth-order valence-corrected chi connectivity index (χ4v) is 2.88. The summed E-state index contributed by atoms with van der Waals surface area (Å²) in [5, 5.41) is 3.63. The zero-order chi connectivity index (χ0) is 12.4. The molecule has 1 aromatic heterocycles. The van der Waals surface area contributed by atoms with Crippen molar-refractivity contribution in [3.8, 4) is 11.8 Å². The van der Waals surface area contributed by atoms with E-state index >= 15 is 0 Å². The van der Waals surface area contributed by atoms with E-state index in [-0.39, 0.29) is 0 Å². The van der Waals surface area contributed by atoms with Crippen LogP contribution in [-0.2, 0) is 0 Å². The Morgan fingerprint density at radius 3 is 2.78 bits per heavy atom. The van der Waals surface area contributed by atoms with Crippen molar-refractivity contribution in [1.82, 2.24) is 10.3 Å². The van der Waals surface area contributed by atoms with Crippen molar-refractivity contribution in [1.29, 1.82) is 0 Å². The first-order chi connectivity index (χ1) is 8.79. The van der Waals surface area contributed by atoms with E-state index in [0.29, 0.717) is 12.1 Å². The SMILES string of the molecule is Cc1cccc(C#CC=C2CC3CCC(C2)N3)n1. The normalized spacial score (nSPS) is 25.5. The minimum absolute atomic E-state index is 0.703. The highest BCUT2D eigenvalue weighted by atomic mass is 15.0. The van der Waals surface area contributed by atoms with Crippen molar-refractivity contribution in [2.45, 2.75) is 44.7 Å². The minimum atomic E-state index is 0.703. The second-order valence-corrected chi connectivity index (χ2v) is 5.28. The molecule has 0 spiro atoms. The lowest BCUT2D eigenvalue weighted by atomic mass is 9.99. The number of pyridine rings is 1. The lowest BCUT2D eigenvalue weighted by Gasteiger charge is -2.22. The fourth-order valence-electron chi connectivity index (χ4n) is 2.88. The van der Waals surface area contributed by atoms with Gasteiger partial charge >= 0.3 is 0 Å². The molecule has 0 aromatic carbocycles. The Labute approximate surface area is 109 Å². The Hall–Kier alpha value is -1.59. The van der Waals surface area contributed by atoms with E-state index in [1.54, 1.807) is 0 Å². The average Bonchev–Trinajstić information content (AvgIpc) is 2.69. The van der Waals surface area contributed by atoms with Gasteiger partial charge in [0.15, 0.2) is 0 Å². The summed E-state index contributed by atoms with van der Waals surface area (Å²) in [5.41, 5.74) is 3.39. The molecule has 2 aliphatic rings. The molecule has 2 heteroatoms. The van der Waals surface area contributed by atoms with Crippen LogP contribution in [0.1, 0.15) is 37.1 Å². The topological polar surface area (TPSA) is 24.9 Å². The number of aromatic nitrogens is 1. The van der Waals surface area contributed by atoms with E-state index in [1.807, 2.05) is 25.1 Å². The molecule has 0 saturated carbocycles. The predicted molar refractivity (Wildman–Crippen MR) is 73.1 cm³/mol. The van der Waals surface area contributed by atoms with Gasteiger partial charge in [-0.1, -0.05) is 17.6 Å². The van der Waals surface area contributed by atoms with Gasteiger partial charge in [0.25, 0.3) is 0 Å². The number of allylic oxidation sites excluding steroid dienone is 1. The Bertz CT molecular complexity index is 520. The minimum Gasteiger partial charge on any atom is -0.311 e. The van der Waals surface area contributed by atoms with Gasteiger partial charge in [-0.05, 0) is 56.7 Å². The maximum Gasteiger partial charge on any atom is 0.113 e. The molecular formula is C16H18N2. The molecular weight excluding hydrogens is 220 g/mol. The second-order valence-electron chi connectivity index (χ2n) is 5.28. The maximum absolute atomic E-state index is 4.38. The molecule has 2 saturated heterocycles. The second kappa shape index (κ2) is 4.96. The molecule has 0 aliphatic carbocycles. The average molecular weight is 238 g/mol. The molecule has 0 radical (unpaired) electrons. The number of piperidine rings is 1. The standard InChI is InChI=1S/C16H18N2/c1-12-4-2-6-14(17-12)7-3-5-13-10-15-8-9-16(11-13)18-15/h2,4-6,15-16,18H,8-11H2,1H3. The number of hydrogen-bond acceptors (Lipinski definition) is 2. The number of nitrogens with one attached hydrogen (secondary N) is 1. The van der Waals surface area contributed by atoms with Gasteiger partial charge in [-0.3, -0.25) is 0 Å². The van der Waals surface area contributed by atoms with Crippen molar-refractivity contribution >= 4 is 0 Å². The first-order valence-electron chi connectivity index (χ1n) is 6.69. The van der Waals surface area contributed by atoms with Gasteiger partial charge in [0.1, 0.15) is 5.69 Å². The van der Waals surface area contributed by atoms with Crippen LogP contribution in [-0.4, -0.2) is 17.1 Å². The van der Waals surface area contributed by atoms with E-state index in [9.17, 15) is 0 Å². The molecule has 18 heavy (non-hydrogen) atoms. The Morgan fingerprint density at radius 2 is 2.06 bits per heavy atom. The quantitative estimate of drug-likeness (QED) is 0.703. The first kappa shape index (κ1) is 11.5. The van der Waals surface area contributed by atoms with Gasteiger partial charge in [-0.25, -0.2) is 4.98 Å². The number of hydrogen-bond donors (Lipinski definition) is 1. The molecule has 1 aromatic rings. The molecule has 2 bridgehead atoms. The van der Waals surface area contributed by atoms with Gasteiger partial charge < -0.3 is 5.32 Å². The summed E-state index contributed by atoms with van der Waals surface area (Å²) in [6, 6.07) is 7.37. The fraction of sp³-hybridized carbons (Fsp3) is 0.438. The summed E-state index contributed by atoms with van der Waals surface area (Å²) < 4.78 is 0.